The highest BCUT2D eigenvalue weighted by Crippen LogP contribution is 2.21. The summed E-state index contributed by atoms with van der Waals surface area (Å²) in [5.74, 6) is 0.118. The molecule has 1 fully saturated rings. The zero-order valence-electron chi connectivity index (χ0n) is 18.5. The summed E-state index contributed by atoms with van der Waals surface area (Å²) >= 11 is 13.4. The SMILES string of the molecule is COc1cccc(C(=O)N2CCN(Cc3ncc(C(=O)NCc4ccc(Cl)cc4Cl)s3)CC2)n1. The van der Waals surface area contributed by atoms with E-state index in [0.29, 0.717) is 65.8 Å². The van der Waals surface area contributed by atoms with E-state index in [0.717, 1.165) is 10.6 Å². The van der Waals surface area contributed by atoms with Gasteiger partial charge in [0.05, 0.1) is 19.9 Å². The van der Waals surface area contributed by atoms with Crippen molar-refractivity contribution >= 4 is 46.4 Å². The van der Waals surface area contributed by atoms with Crippen LogP contribution in [0.2, 0.25) is 10.0 Å². The number of rotatable bonds is 7. The number of ether oxygens (including phenoxy) is 1. The number of piperazine rings is 1. The number of pyridine rings is 1. The molecule has 1 aliphatic heterocycles. The van der Waals surface area contributed by atoms with Gasteiger partial charge in [-0.2, -0.15) is 0 Å². The second kappa shape index (κ2) is 11.1. The summed E-state index contributed by atoms with van der Waals surface area (Å²) in [6.07, 6.45) is 1.59. The first kappa shape index (κ1) is 24.4. The molecule has 8 nitrogen and oxygen atoms in total. The van der Waals surface area contributed by atoms with Gasteiger partial charge in [-0.1, -0.05) is 35.3 Å². The van der Waals surface area contributed by atoms with Gasteiger partial charge >= 0.3 is 0 Å². The van der Waals surface area contributed by atoms with E-state index in [2.05, 4.69) is 20.2 Å². The molecule has 0 unspecified atom stereocenters. The van der Waals surface area contributed by atoms with Crippen LogP contribution in [-0.2, 0) is 13.1 Å². The van der Waals surface area contributed by atoms with E-state index in [4.69, 9.17) is 27.9 Å². The zero-order chi connectivity index (χ0) is 24.1. The topological polar surface area (TPSA) is 87.7 Å². The quantitative estimate of drug-likeness (QED) is 0.511. The minimum atomic E-state index is -0.198. The highest BCUT2D eigenvalue weighted by atomic mass is 35.5. The summed E-state index contributed by atoms with van der Waals surface area (Å²) in [7, 11) is 1.53. The highest BCUT2D eigenvalue weighted by molar-refractivity contribution is 7.13. The number of thiazole rings is 1. The number of amides is 2. The minimum absolute atomic E-state index is 0.104. The van der Waals surface area contributed by atoms with Gasteiger partial charge in [0.2, 0.25) is 5.88 Å². The van der Waals surface area contributed by atoms with Gasteiger partial charge in [-0.05, 0) is 23.8 Å². The molecule has 0 atom stereocenters. The summed E-state index contributed by atoms with van der Waals surface area (Å²) in [5.41, 5.74) is 1.17. The second-order valence-corrected chi connectivity index (χ2v) is 9.63. The number of carbonyl (C=O) groups excluding carboxylic acids is 2. The van der Waals surface area contributed by atoms with Gasteiger partial charge in [0.15, 0.2) is 0 Å². The molecule has 1 aliphatic rings. The third-order valence-electron chi connectivity index (χ3n) is 5.40. The molecule has 0 aliphatic carbocycles. The number of hydrogen-bond acceptors (Lipinski definition) is 7. The van der Waals surface area contributed by atoms with Gasteiger partial charge in [-0.3, -0.25) is 14.5 Å². The van der Waals surface area contributed by atoms with E-state index >= 15 is 0 Å². The van der Waals surface area contributed by atoms with Crippen molar-refractivity contribution in [1.82, 2.24) is 25.1 Å². The van der Waals surface area contributed by atoms with Crippen molar-refractivity contribution < 1.29 is 14.3 Å². The maximum atomic E-state index is 12.7. The molecule has 2 amide bonds. The molecule has 3 aromatic rings. The summed E-state index contributed by atoms with van der Waals surface area (Å²) in [4.78, 5) is 38.4. The Labute approximate surface area is 211 Å². The third-order valence-corrected chi connectivity index (χ3v) is 6.97. The summed E-state index contributed by atoms with van der Waals surface area (Å²) in [6.45, 7) is 3.55. The monoisotopic (exact) mass is 519 g/mol. The number of methoxy groups -OCH3 is 1. The Bertz CT molecular complexity index is 1180. The molecule has 0 saturated carbocycles. The van der Waals surface area contributed by atoms with Crippen molar-refractivity contribution in [3.63, 3.8) is 0 Å². The van der Waals surface area contributed by atoms with E-state index in [9.17, 15) is 9.59 Å². The van der Waals surface area contributed by atoms with Crippen molar-refractivity contribution in [3.8, 4) is 5.88 Å². The standard InChI is InChI=1S/C23H23Cl2N5O3S/c1-33-20-4-2-3-18(28-20)23(32)30-9-7-29(8-10-30)14-21-26-13-19(34-21)22(31)27-12-15-5-6-16(24)11-17(15)25/h2-6,11,13H,7-10,12,14H2,1H3,(H,27,31). The zero-order valence-corrected chi connectivity index (χ0v) is 20.8. The van der Waals surface area contributed by atoms with Crippen LogP contribution in [0, 0.1) is 0 Å². The lowest BCUT2D eigenvalue weighted by atomic mass is 10.2. The number of nitrogens with zero attached hydrogens (tertiary/aromatic N) is 4. The molecule has 0 radical (unpaired) electrons. The molecule has 34 heavy (non-hydrogen) atoms. The van der Waals surface area contributed by atoms with E-state index in [1.54, 1.807) is 47.5 Å². The fourth-order valence-electron chi connectivity index (χ4n) is 3.53. The van der Waals surface area contributed by atoms with Crippen LogP contribution < -0.4 is 10.1 Å². The number of aromatic nitrogens is 2. The molecule has 0 bridgehead atoms. The first-order valence-corrected chi connectivity index (χ1v) is 12.2. The van der Waals surface area contributed by atoms with E-state index in [1.807, 2.05) is 0 Å². The minimum Gasteiger partial charge on any atom is -0.481 e. The number of carbonyl (C=O) groups is 2. The van der Waals surface area contributed by atoms with Gasteiger partial charge < -0.3 is 15.0 Å². The summed E-state index contributed by atoms with van der Waals surface area (Å²) in [6, 6.07) is 10.3. The molecule has 11 heteroatoms. The van der Waals surface area contributed by atoms with Crippen LogP contribution in [-0.4, -0.2) is 64.9 Å². The van der Waals surface area contributed by atoms with Gasteiger partial charge in [0.25, 0.3) is 11.8 Å². The average Bonchev–Trinajstić information content (AvgIpc) is 3.32. The van der Waals surface area contributed by atoms with Crippen molar-refractivity contribution in [3.05, 3.63) is 73.8 Å². The van der Waals surface area contributed by atoms with E-state index in [1.165, 1.54) is 18.4 Å². The number of benzene rings is 1. The lowest BCUT2D eigenvalue weighted by molar-refractivity contribution is 0.0621. The summed E-state index contributed by atoms with van der Waals surface area (Å²) < 4.78 is 5.11. The van der Waals surface area contributed by atoms with E-state index < -0.39 is 0 Å². The van der Waals surface area contributed by atoms with Crippen molar-refractivity contribution in [1.29, 1.82) is 0 Å². The fourth-order valence-corrected chi connectivity index (χ4v) is 4.88. The van der Waals surface area contributed by atoms with Crippen LogP contribution in [0.1, 0.15) is 30.7 Å². The van der Waals surface area contributed by atoms with Gasteiger partial charge in [-0.25, -0.2) is 9.97 Å². The molecule has 0 spiro atoms. The van der Waals surface area contributed by atoms with Crippen LogP contribution in [0.3, 0.4) is 0 Å². The Kier molecular flexibility index (Phi) is 7.99. The Morgan fingerprint density at radius 3 is 2.68 bits per heavy atom. The van der Waals surface area contributed by atoms with Crippen molar-refractivity contribution in [2.75, 3.05) is 33.3 Å². The fraction of sp³-hybridized carbons (Fsp3) is 0.304. The number of hydrogen-bond donors (Lipinski definition) is 1. The van der Waals surface area contributed by atoms with Crippen LogP contribution in [0.25, 0.3) is 0 Å². The molecule has 2 aromatic heterocycles. The first-order chi connectivity index (χ1) is 16.4. The van der Waals surface area contributed by atoms with Crippen molar-refractivity contribution in [2.24, 2.45) is 0 Å². The molecule has 3 heterocycles. The lowest BCUT2D eigenvalue weighted by Crippen LogP contribution is -2.48. The predicted octanol–water partition coefficient (Wildman–Crippen LogP) is 3.74. The predicted molar refractivity (Wildman–Crippen MR) is 132 cm³/mol. The first-order valence-electron chi connectivity index (χ1n) is 10.6. The van der Waals surface area contributed by atoms with E-state index in [-0.39, 0.29) is 11.8 Å². The highest BCUT2D eigenvalue weighted by Gasteiger charge is 2.24. The second-order valence-electron chi connectivity index (χ2n) is 7.67. The van der Waals surface area contributed by atoms with Crippen LogP contribution in [0.5, 0.6) is 5.88 Å². The number of nitrogens with one attached hydrogen (secondary N) is 1. The molecular weight excluding hydrogens is 497 g/mol. The Hall–Kier alpha value is -2.72. The largest absolute Gasteiger partial charge is 0.481 e. The molecule has 1 saturated heterocycles. The molecule has 178 valence electrons. The van der Waals surface area contributed by atoms with Crippen LogP contribution >= 0.6 is 34.5 Å². The third kappa shape index (κ3) is 6.04. The Morgan fingerprint density at radius 1 is 1.15 bits per heavy atom. The Balaban J connectivity index is 1.26. The van der Waals surface area contributed by atoms with Crippen molar-refractivity contribution in [2.45, 2.75) is 13.1 Å². The van der Waals surface area contributed by atoms with Gasteiger partial charge in [0.1, 0.15) is 15.6 Å². The number of halogens is 2. The lowest BCUT2D eigenvalue weighted by Gasteiger charge is -2.34. The summed E-state index contributed by atoms with van der Waals surface area (Å²) in [5, 5.41) is 4.78. The molecule has 4 rings (SSSR count). The van der Waals surface area contributed by atoms with Gasteiger partial charge in [-0.15, -0.1) is 11.3 Å². The Morgan fingerprint density at radius 2 is 1.94 bits per heavy atom. The smallest absolute Gasteiger partial charge is 0.272 e. The average molecular weight is 520 g/mol. The van der Waals surface area contributed by atoms with Crippen LogP contribution in [0.15, 0.2) is 42.6 Å². The molecule has 1 N–H and O–H groups in total. The normalized spacial score (nSPS) is 14.1. The maximum absolute atomic E-state index is 12.7. The molecule has 1 aromatic carbocycles. The maximum Gasteiger partial charge on any atom is 0.272 e. The van der Waals surface area contributed by atoms with Crippen LogP contribution in [0.4, 0.5) is 0 Å². The van der Waals surface area contributed by atoms with Gasteiger partial charge in [0, 0.05) is 48.8 Å². The molecular formula is C23H23Cl2N5O3S.